The fourth-order valence-corrected chi connectivity index (χ4v) is 0.786. The molecule has 0 fully saturated rings. The van der Waals surface area contributed by atoms with Gasteiger partial charge in [0.2, 0.25) is 0 Å². The number of nitrogens with zero attached hydrogens (tertiary/aromatic N) is 1. The van der Waals surface area contributed by atoms with Crippen molar-refractivity contribution in [2.75, 3.05) is 0 Å². The van der Waals surface area contributed by atoms with Gasteiger partial charge in [-0.2, -0.15) is 0 Å². The molecule has 0 amide bonds. The van der Waals surface area contributed by atoms with Gasteiger partial charge < -0.3 is 5.11 Å². The molecule has 0 aliphatic rings. The quantitative estimate of drug-likeness (QED) is 0.656. The van der Waals surface area contributed by atoms with Crippen LogP contribution >= 0.6 is 0 Å². The van der Waals surface area contributed by atoms with Crippen molar-refractivity contribution in [3.05, 3.63) is 0 Å². The third kappa shape index (κ3) is 4.11. The molecule has 0 aliphatic heterocycles. The molecular formula is C9H17NO2. The van der Waals surface area contributed by atoms with Crippen molar-refractivity contribution in [1.29, 1.82) is 0 Å². The standard InChI is InChI=1S/C9H17NO2/c1-6(2)5-10-8(7(3)4)9(11)12/h5-8H,1-4H3,(H,11,12)/t8-/m0/s1. The van der Waals surface area contributed by atoms with Crippen LogP contribution in [0.25, 0.3) is 0 Å². The van der Waals surface area contributed by atoms with Gasteiger partial charge in [-0.25, -0.2) is 4.79 Å². The minimum atomic E-state index is -0.845. The van der Waals surface area contributed by atoms with Crippen LogP contribution in [0.3, 0.4) is 0 Å². The number of carbonyl (C=O) groups is 1. The Labute approximate surface area is 73.5 Å². The van der Waals surface area contributed by atoms with E-state index in [1.54, 1.807) is 6.21 Å². The highest BCUT2D eigenvalue weighted by atomic mass is 16.4. The van der Waals surface area contributed by atoms with Gasteiger partial charge in [0.1, 0.15) is 6.04 Å². The topological polar surface area (TPSA) is 49.7 Å². The lowest BCUT2D eigenvalue weighted by Gasteiger charge is -2.10. The van der Waals surface area contributed by atoms with Crippen LogP contribution in [0.4, 0.5) is 0 Å². The number of aliphatic carboxylic acids is 1. The fraction of sp³-hybridized carbons (Fsp3) is 0.778. The summed E-state index contributed by atoms with van der Waals surface area (Å²) < 4.78 is 0. The van der Waals surface area contributed by atoms with Gasteiger partial charge >= 0.3 is 5.97 Å². The number of hydrogen-bond donors (Lipinski definition) is 1. The van der Waals surface area contributed by atoms with E-state index >= 15 is 0 Å². The molecule has 0 aromatic rings. The lowest BCUT2D eigenvalue weighted by atomic mass is 10.1. The van der Waals surface area contributed by atoms with E-state index in [1.165, 1.54) is 0 Å². The van der Waals surface area contributed by atoms with Gasteiger partial charge in [0.15, 0.2) is 0 Å². The highest BCUT2D eigenvalue weighted by molar-refractivity contribution is 5.76. The maximum atomic E-state index is 10.6. The minimum Gasteiger partial charge on any atom is -0.480 e. The molecule has 0 saturated heterocycles. The predicted octanol–water partition coefficient (Wildman–Crippen LogP) is 1.82. The van der Waals surface area contributed by atoms with Crippen molar-refractivity contribution in [2.45, 2.75) is 33.7 Å². The van der Waals surface area contributed by atoms with Crippen molar-refractivity contribution in [3.63, 3.8) is 0 Å². The summed E-state index contributed by atoms with van der Waals surface area (Å²) in [5.41, 5.74) is 0. The van der Waals surface area contributed by atoms with E-state index in [-0.39, 0.29) is 5.92 Å². The van der Waals surface area contributed by atoms with Crippen LogP contribution in [-0.4, -0.2) is 23.3 Å². The van der Waals surface area contributed by atoms with Gasteiger partial charge in [0, 0.05) is 6.21 Å². The summed E-state index contributed by atoms with van der Waals surface area (Å²) in [6, 6.07) is -0.590. The van der Waals surface area contributed by atoms with Crippen molar-refractivity contribution < 1.29 is 9.90 Å². The Kier molecular flexibility index (Phi) is 4.55. The van der Waals surface area contributed by atoms with E-state index in [1.807, 2.05) is 27.7 Å². The van der Waals surface area contributed by atoms with Crippen LogP contribution in [-0.2, 0) is 4.79 Å². The summed E-state index contributed by atoms with van der Waals surface area (Å²) in [7, 11) is 0. The van der Waals surface area contributed by atoms with E-state index < -0.39 is 12.0 Å². The summed E-state index contributed by atoms with van der Waals surface area (Å²) in [4.78, 5) is 14.6. The molecule has 0 aromatic carbocycles. The molecule has 0 aromatic heterocycles. The van der Waals surface area contributed by atoms with Gasteiger partial charge in [-0.15, -0.1) is 0 Å². The first-order chi connectivity index (χ1) is 5.45. The number of aliphatic imine (C=N–C) groups is 1. The van der Waals surface area contributed by atoms with Gasteiger partial charge in [0.05, 0.1) is 0 Å². The molecular weight excluding hydrogens is 154 g/mol. The van der Waals surface area contributed by atoms with Crippen LogP contribution in [0.1, 0.15) is 27.7 Å². The average molecular weight is 171 g/mol. The van der Waals surface area contributed by atoms with E-state index in [0.717, 1.165) is 0 Å². The van der Waals surface area contributed by atoms with Crippen LogP contribution in [0.15, 0.2) is 4.99 Å². The zero-order chi connectivity index (χ0) is 9.72. The monoisotopic (exact) mass is 171 g/mol. The molecule has 3 nitrogen and oxygen atoms in total. The summed E-state index contributed by atoms with van der Waals surface area (Å²) in [5.74, 6) is -0.481. The first kappa shape index (κ1) is 11.1. The molecule has 0 spiro atoms. The second-order valence-corrected chi connectivity index (χ2v) is 3.57. The zero-order valence-electron chi connectivity index (χ0n) is 8.11. The molecule has 1 N–H and O–H groups in total. The molecule has 0 aliphatic carbocycles. The Morgan fingerprint density at radius 2 is 1.83 bits per heavy atom. The normalized spacial score (nSPS) is 14.5. The van der Waals surface area contributed by atoms with E-state index in [4.69, 9.17) is 5.11 Å². The van der Waals surface area contributed by atoms with Gasteiger partial charge in [-0.05, 0) is 11.8 Å². The number of carboxylic acids is 1. The number of hydrogen-bond acceptors (Lipinski definition) is 2. The van der Waals surface area contributed by atoms with Crippen LogP contribution in [0.5, 0.6) is 0 Å². The second-order valence-electron chi connectivity index (χ2n) is 3.57. The van der Waals surface area contributed by atoms with Crippen LogP contribution in [0.2, 0.25) is 0 Å². The largest absolute Gasteiger partial charge is 0.480 e. The van der Waals surface area contributed by atoms with E-state index in [9.17, 15) is 4.79 Å². The fourth-order valence-electron chi connectivity index (χ4n) is 0.786. The first-order valence-corrected chi connectivity index (χ1v) is 4.21. The van der Waals surface area contributed by atoms with Crippen molar-refractivity contribution in [3.8, 4) is 0 Å². The third-order valence-corrected chi connectivity index (χ3v) is 1.43. The minimum absolute atomic E-state index is 0.0532. The van der Waals surface area contributed by atoms with Gasteiger partial charge in [0.25, 0.3) is 0 Å². The Morgan fingerprint density at radius 1 is 1.33 bits per heavy atom. The Bertz CT molecular complexity index is 173. The molecule has 0 bridgehead atoms. The van der Waals surface area contributed by atoms with Crippen LogP contribution in [0, 0.1) is 11.8 Å². The zero-order valence-corrected chi connectivity index (χ0v) is 8.11. The van der Waals surface area contributed by atoms with Crippen molar-refractivity contribution in [2.24, 2.45) is 16.8 Å². The molecule has 3 heteroatoms. The average Bonchev–Trinajstić information content (AvgIpc) is 1.84. The second kappa shape index (κ2) is 4.91. The summed E-state index contributed by atoms with van der Waals surface area (Å²) >= 11 is 0. The SMILES string of the molecule is CC(C)C=N[C@H](C(=O)O)C(C)C. The molecule has 0 rings (SSSR count). The number of carboxylic acid groups (broad SMARTS) is 1. The molecule has 0 radical (unpaired) electrons. The summed E-state index contributed by atoms with van der Waals surface area (Å²) in [5, 5.41) is 8.74. The van der Waals surface area contributed by atoms with Gasteiger partial charge in [-0.3, -0.25) is 4.99 Å². The third-order valence-electron chi connectivity index (χ3n) is 1.43. The summed E-state index contributed by atoms with van der Waals surface area (Å²) in [6.45, 7) is 7.67. The van der Waals surface area contributed by atoms with Crippen molar-refractivity contribution >= 4 is 12.2 Å². The molecule has 0 saturated carbocycles. The highest BCUT2D eigenvalue weighted by Crippen LogP contribution is 2.06. The lowest BCUT2D eigenvalue weighted by Crippen LogP contribution is -2.24. The smallest absolute Gasteiger partial charge is 0.328 e. The maximum absolute atomic E-state index is 10.6. The molecule has 0 heterocycles. The maximum Gasteiger partial charge on any atom is 0.328 e. The molecule has 1 atom stereocenters. The molecule has 12 heavy (non-hydrogen) atoms. The first-order valence-electron chi connectivity index (χ1n) is 4.21. The predicted molar refractivity (Wildman–Crippen MR) is 49.6 cm³/mol. The molecule has 0 unspecified atom stereocenters. The highest BCUT2D eigenvalue weighted by Gasteiger charge is 2.18. The van der Waals surface area contributed by atoms with Gasteiger partial charge in [-0.1, -0.05) is 27.7 Å². The Balaban J connectivity index is 4.24. The van der Waals surface area contributed by atoms with Crippen molar-refractivity contribution in [1.82, 2.24) is 0 Å². The number of rotatable bonds is 4. The van der Waals surface area contributed by atoms with E-state index in [0.29, 0.717) is 5.92 Å². The van der Waals surface area contributed by atoms with Crippen LogP contribution < -0.4 is 0 Å². The Hall–Kier alpha value is -0.860. The Morgan fingerprint density at radius 3 is 2.08 bits per heavy atom. The summed E-state index contributed by atoms with van der Waals surface area (Å²) in [6.07, 6.45) is 1.69. The lowest BCUT2D eigenvalue weighted by molar-refractivity contribution is -0.139. The van der Waals surface area contributed by atoms with E-state index in [2.05, 4.69) is 4.99 Å². The molecule has 70 valence electrons.